The number of fused-ring (bicyclic) bond motifs is 1. The van der Waals surface area contributed by atoms with Gasteiger partial charge in [-0.15, -0.1) is 0 Å². The van der Waals surface area contributed by atoms with E-state index in [4.69, 9.17) is 4.74 Å². The Morgan fingerprint density at radius 1 is 1.35 bits per heavy atom. The first-order valence-electron chi connectivity index (χ1n) is 7.34. The van der Waals surface area contributed by atoms with Gasteiger partial charge in [-0.25, -0.2) is 4.98 Å². The summed E-state index contributed by atoms with van der Waals surface area (Å²) >= 11 is 4.55. The molecule has 0 fully saturated rings. The predicted molar refractivity (Wildman–Crippen MR) is 105 cm³/mol. The van der Waals surface area contributed by atoms with Crippen molar-refractivity contribution in [2.75, 3.05) is 12.4 Å². The topological polar surface area (TPSA) is 94.4 Å². The fourth-order valence-electron chi connectivity index (χ4n) is 2.23. The Kier molecular flexibility index (Phi) is 5.29. The van der Waals surface area contributed by atoms with Crippen molar-refractivity contribution < 1.29 is 14.5 Å². The van der Waals surface area contributed by atoms with Gasteiger partial charge in [-0.2, -0.15) is 0 Å². The van der Waals surface area contributed by atoms with Crippen molar-refractivity contribution in [1.82, 2.24) is 4.98 Å². The van der Waals surface area contributed by atoms with Crippen LogP contribution in [0.1, 0.15) is 5.56 Å². The van der Waals surface area contributed by atoms with E-state index in [9.17, 15) is 14.9 Å². The van der Waals surface area contributed by atoms with E-state index in [1.165, 1.54) is 29.5 Å². The second kappa shape index (κ2) is 7.63. The van der Waals surface area contributed by atoms with E-state index >= 15 is 0 Å². The summed E-state index contributed by atoms with van der Waals surface area (Å²) in [6.45, 7) is 0. The average molecular weight is 434 g/mol. The van der Waals surface area contributed by atoms with Crippen molar-refractivity contribution in [2.24, 2.45) is 0 Å². The minimum atomic E-state index is -0.467. The zero-order valence-corrected chi connectivity index (χ0v) is 15.8. The number of anilines is 1. The summed E-state index contributed by atoms with van der Waals surface area (Å²) in [5.41, 5.74) is 1.33. The lowest BCUT2D eigenvalue weighted by atomic mass is 10.2. The molecule has 0 aliphatic heterocycles. The van der Waals surface area contributed by atoms with Crippen molar-refractivity contribution in [2.45, 2.75) is 0 Å². The van der Waals surface area contributed by atoms with Gasteiger partial charge in [0.15, 0.2) is 5.13 Å². The molecule has 26 heavy (non-hydrogen) atoms. The van der Waals surface area contributed by atoms with Crippen LogP contribution in [0.4, 0.5) is 10.8 Å². The van der Waals surface area contributed by atoms with E-state index in [2.05, 4.69) is 26.2 Å². The summed E-state index contributed by atoms with van der Waals surface area (Å²) < 4.78 is 6.75. The molecule has 0 bridgehead atoms. The molecule has 0 unspecified atom stereocenters. The number of carbonyl (C=O) groups excluding carboxylic acids is 1. The van der Waals surface area contributed by atoms with Crippen LogP contribution in [-0.2, 0) is 4.79 Å². The number of rotatable bonds is 5. The van der Waals surface area contributed by atoms with Gasteiger partial charge in [0.25, 0.3) is 5.69 Å². The molecule has 0 spiro atoms. The molecule has 3 rings (SSSR count). The average Bonchev–Trinajstić information content (AvgIpc) is 3.01. The SMILES string of the molecule is COc1ccc(Br)cc1/C=C/C(=O)Nc1nc2ccc([N+](=O)[O-])cc2s1. The van der Waals surface area contributed by atoms with E-state index < -0.39 is 4.92 Å². The van der Waals surface area contributed by atoms with Crippen LogP contribution >= 0.6 is 27.3 Å². The molecule has 7 nitrogen and oxygen atoms in total. The van der Waals surface area contributed by atoms with Gasteiger partial charge in [0.05, 0.1) is 22.2 Å². The highest BCUT2D eigenvalue weighted by Crippen LogP contribution is 2.29. The minimum absolute atomic E-state index is 0.0133. The molecule has 0 aliphatic rings. The standard InChI is InChI=1S/C17H12BrN3O4S/c1-25-14-6-3-11(18)8-10(14)2-7-16(22)20-17-19-13-5-4-12(21(23)24)9-15(13)26-17/h2-9H,1H3,(H,19,20,22)/b7-2+. The van der Waals surface area contributed by atoms with E-state index in [-0.39, 0.29) is 11.6 Å². The molecular formula is C17H12BrN3O4S. The molecule has 0 atom stereocenters. The summed E-state index contributed by atoms with van der Waals surface area (Å²) in [4.78, 5) is 26.7. The van der Waals surface area contributed by atoms with E-state index in [0.717, 1.165) is 10.0 Å². The van der Waals surface area contributed by atoms with Gasteiger partial charge >= 0.3 is 0 Å². The number of nitrogens with one attached hydrogen (secondary N) is 1. The lowest BCUT2D eigenvalue weighted by molar-refractivity contribution is -0.384. The minimum Gasteiger partial charge on any atom is -0.496 e. The molecular weight excluding hydrogens is 422 g/mol. The maximum atomic E-state index is 12.1. The van der Waals surface area contributed by atoms with Crippen LogP contribution in [0.25, 0.3) is 16.3 Å². The second-order valence-corrected chi connectivity index (χ2v) is 7.08. The van der Waals surface area contributed by atoms with Crippen LogP contribution in [0.2, 0.25) is 0 Å². The van der Waals surface area contributed by atoms with Crippen molar-refractivity contribution in [1.29, 1.82) is 0 Å². The van der Waals surface area contributed by atoms with E-state index in [0.29, 0.717) is 21.1 Å². The van der Waals surface area contributed by atoms with Crippen LogP contribution in [-0.4, -0.2) is 22.9 Å². The number of aromatic nitrogens is 1. The third kappa shape index (κ3) is 4.06. The Morgan fingerprint density at radius 2 is 2.15 bits per heavy atom. The Hall–Kier alpha value is -2.78. The van der Waals surface area contributed by atoms with Gasteiger partial charge in [-0.3, -0.25) is 20.2 Å². The number of benzene rings is 2. The van der Waals surface area contributed by atoms with Gasteiger partial charge in [-0.05, 0) is 30.3 Å². The number of hydrogen-bond acceptors (Lipinski definition) is 6. The first-order chi connectivity index (χ1) is 12.5. The Balaban J connectivity index is 1.77. The number of amides is 1. The lowest BCUT2D eigenvalue weighted by Gasteiger charge is -2.04. The van der Waals surface area contributed by atoms with E-state index in [1.807, 2.05) is 12.1 Å². The Bertz CT molecular complexity index is 1030. The van der Waals surface area contributed by atoms with Crippen LogP contribution in [0.5, 0.6) is 5.75 Å². The zero-order valence-electron chi connectivity index (χ0n) is 13.4. The van der Waals surface area contributed by atoms with Crippen LogP contribution in [0.15, 0.2) is 46.9 Å². The Labute approximate surface area is 160 Å². The van der Waals surface area contributed by atoms with Crippen molar-refractivity contribution >= 4 is 60.3 Å². The zero-order chi connectivity index (χ0) is 18.7. The molecule has 132 valence electrons. The maximum absolute atomic E-state index is 12.1. The quantitative estimate of drug-likeness (QED) is 0.359. The number of nitro benzene ring substituents is 1. The van der Waals surface area contributed by atoms with Gasteiger partial charge in [0, 0.05) is 28.2 Å². The molecule has 0 saturated carbocycles. The highest BCUT2D eigenvalue weighted by atomic mass is 79.9. The smallest absolute Gasteiger partial charge is 0.270 e. The van der Waals surface area contributed by atoms with Gasteiger partial charge in [-0.1, -0.05) is 27.3 Å². The number of nitro groups is 1. The molecule has 0 radical (unpaired) electrons. The molecule has 0 aliphatic carbocycles. The molecule has 1 N–H and O–H groups in total. The largest absolute Gasteiger partial charge is 0.496 e. The van der Waals surface area contributed by atoms with Crippen molar-refractivity contribution in [3.05, 3.63) is 62.6 Å². The molecule has 3 aromatic rings. The maximum Gasteiger partial charge on any atom is 0.270 e. The fraction of sp³-hybridized carbons (Fsp3) is 0.0588. The number of methoxy groups -OCH3 is 1. The van der Waals surface area contributed by atoms with Crippen LogP contribution in [0, 0.1) is 10.1 Å². The molecule has 1 amide bonds. The summed E-state index contributed by atoms with van der Waals surface area (Å²) in [5, 5.41) is 13.9. The summed E-state index contributed by atoms with van der Waals surface area (Å²) in [6.07, 6.45) is 3.01. The lowest BCUT2D eigenvalue weighted by Crippen LogP contribution is -2.07. The van der Waals surface area contributed by atoms with Crippen LogP contribution < -0.4 is 10.1 Å². The number of halogens is 1. The van der Waals surface area contributed by atoms with E-state index in [1.54, 1.807) is 25.3 Å². The summed E-state index contributed by atoms with van der Waals surface area (Å²) in [7, 11) is 1.56. The number of nitrogens with zero attached hydrogens (tertiary/aromatic N) is 2. The number of carbonyl (C=O) groups is 1. The highest BCUT2D eigenvalue weighted by Gasteiger charge is 2.11. The molecule has 9 heteroatoms. The van der Waals surface area contributed by atoms with Crippen molar-refractivity contribution in [3.8, 4) is 5.75 Å². The summed E-state index contributed by atoms with van der Waals surface area (Å²) in [5.74, 6) is 0.283. The third-order valence-electron chi connectivity index (χ3n) is 3.42. The highest BCUT2D eigenvalue weighted by molar-refractivity contribution is 9.10. The first kappa shape index (κ1) is 18.0. The fourth-order valence-corrected chi connectivity index (χ4v) is 3.51. The molecule has 1 aromatic heterocycles. The second-order valence-electron chi connectivity index (χ2n) is 5.14. The number of hydrogen-bond donors (Lipinski definition) is 1. The molecule has 2 aromatic carbocycles. The number of ether oxygens (including phenoxy) is 1. The molecule has 0 saturated heterocycles. The molecule has 1 heterocycles. The third-order valence-corrected chi connectivity index (χ3v) is 4.85. The normalized spacial score (nSPS) is 11.0. The van der Waals surface area contributed by atoms with Crippen molar-refractivity contribution in [3.63, 3.8) is 0 Å². The van der Waals surface area contributed by atoms with Gasteiger partial charge in [0.1, 0.15) is 5.75 Å². The van der Waals surface area contributed by atoms with Crippen LogP contribution in [0.3, 0.4) is 0 Å². The monoisotopic (exact) mass is 433 g/mol. The number of non-ortho nitro benzene ring substituents is 1. The Morgan fingerprint density at radius 3 is 2.88 bits per heavy atom. The first-order valence-corrected chi connectivity index (χ1v) is 8.95. The summed E-state index contributed by atoms with van der Waals surface area (Å²) in [6, 6.07) is 9.85. The predicted octanol–water partition coefficient (Wildman–Crippen LogP) is 4.63. The van der Waals surface area contributed by atoms with Gasteiger partial charge < -0.3 is 4.74 Å². The number of thiazole rings is 1. The van der Waals surface area contributed by atoms with Gasteiger partial charge in [0.2, 0.25) is 5.91 Å².